The molecule has 3 rings (SSSR count). The van der Waals surface area contributed by atoms with Gasteiger partial charge in [0.15, 0.2) is 0 Å². The van der Waals surface area contributed by atoms with E-state index < -0.39 is 0 Å². The number of nitrogens with zero attached hydrogens (tertiary/aromatic N) is 1. The van der Waals surface area contributed by atoms with Crippen molar-refractivity contribution in [2.45, 2.75) is 0 Å². The summed E-state index contributed by atoms with van der Waals surface area (Å²) in [6, 6.07) is 16.9. The third kappa shape index (κ3) is 4.32. The van der Waals surface area contributed by atoms with Gasteiger partial charge in [-0.2, -0.15) is 0 Å². The van der Waals surface area contributed by atoms with Crippen molar-refractivity contribution in [3.05, 3.63) is 82.2 Å². The Hall–Kier alpha value is -2.50. The maximum Gasteiger partial charge on any atom is 0.295 e. The fourth-order valence-corrected chi connectivity index (χ4v) is 3.22. The molecule has 0 aliphatic carbocycles. The highest BCUT2D eigenvalue weighted by molar-refractivity contribution is 8.18. The maximum absolute atomic E-state index is 12.4. The molecule has 0 unspecified atom stereocenters. The normalized spacial score (nSPS) is 16.2. The van der Waals surface area contributed by atoms with Crippen molar-refractivity contribution >= 4 is 46.3 Å². The van der Waals surface area contributed by atoms with Crippen LogP contribution in [-0.2, 0) is 4.79 Å². The monoisotopic (exact) mass is 370 g/mol. The van der Waals surface area contributed by atoms with Crippen LogP contribution in [0.1, 0.15) is 5.56 Å². The van der Waals surface area contributed by atoms with Gasteiger partial charge in [-0.25, -0.2) is 0 Å². The average molecular weight is 371 g/mol. The van der Waals surface area contributed by atoms with E-state index in [2.05, 4.69) is 5.32 Å². The third-order valence-electron chi connectivity index (χ3n) is 3.51. The second-order valence-electron chi connectivity index (χ2n) is 5.22. The lowest BCUT2D eigenvalue weighted by Crippen LogP contribution is -2.33. The number of amides is 2. The summed E-state index contributed by atoms with van der Waals surface area (Å²) in [5.74, 6) is -0.313. The van der Waals surface area contributed by atoms with Crippen LogP contribution in [0, 0.1) is 0 Å². The van der Waals surface area contributed by atoms with Crippen molar-refractivity contribution in [1.82, 2.24) is 4.90 Å². The molecule has 2 aromatic rings. The van der Waals surface area contributed by atoms with E-state index in [1.165, 1.54) is 0 Å². The second kappa shape index (κ2) is 8.05. The second-order valence-corrected chi connectivity index (χ2v) is 6.62. The van der Waals surface area contributed by atoms with E-state index in [9.17, 15) is 9.59 Å². The van der Waals surface area contributed by atoms with Crippen molar-refractivity contribution in [2.75, 3.05) is 12.0 Å². The van der Waals surface area contributed by atoms with E-state index >= 15 is 0 Å². The number of hydrogen-bond acceptors (Lipinski definition) is 4. The largest absolute Gasteiger partial charge is 0.366 e. The van der Waals surface area contributed by atoms with Gasteiger partial charge in [-0.3, -0.25) is 14.5 Å². The van der Waals surface area contributed by atoms with Gasteiger partial charge >= 0.3 is 0 Å². The molecular weight excluding hydrogens is 356 g/mol. The van der Waals surface area contributed by atoms with Crippen LogP contribution in [0.4, 0.5) is 10.5 Å². The van der Waals surface area contributed by atoms with E-state index in [1.54, 1.807) is 24.3 Å². The van der Waals surface area contributed by atoms with Crippen LogP contribution < -0.4 is 5.32 Å². The number of allylic oxidation sites excluding steroid dienone is 2. The van der Waals surface area contributed by atoms with Crippen LogP contribution in [0.15, 0.2) is 71.7 Å². The highest BCUT2D eigenvalue weighted by Gasteiger charge is 2.34. The number of rotatable bonds is 5. The van der Waals surface area contributed by atoms with E-state index in [-0.39, 0.29) is 17.8 Å². The van der Waals surface area contributed by atoms with Crippen molar-refractivity contribution in [2.24, 2.45) is 0 Å². The number of carbonyl (C=O) groups excluding carboxylic acids is 2. The zero-order chi connectivity index (χ0) is 17.6. The highest BCUT2D eigenvalue weighted by Crippen LogP contribution is 2.31. The number of thioether (sulfide) groups is 1. The molecule has 1 aliphatic heterocycles. The summed E-state index contributed by atoms with van der Waals surface area (Å²) in [7, 11) is 0. The Labute approximate surface area is 155 Å². The van der Waals surface area contributed by atoms with Gasteiger partial charge in [0.2, 0.25) is 0 Å². The van der Waals surface area contributed by atoms with Gasteiger partial charge in [-0.1, -0.05) is 66.2 Å². The first-order chi connectivity index (χ1) is 12.1. The SMILES string of the molecule is O=C1S/C(=C\C=C\c2ccccc2)C(=O)N1CNc1ccccc1Cl. The Balaban J connectivity index is 1.65. The van der Waals surface area contributed by atoms with Gasteiger partial charge in [0, 0.05) is 0 Å². The molecule has 0 atom stereocenters. The van der Waals surface area contributed by atoms with Crippen LogP contribution in [-0.4, -0.2) is 22.7 Å². The molecule has 0 bridgehead atoms. The van der Waals surface area contributed by atoms with Gasteiger partial charge in [-0.05, 0) is 35.5 Å². The third-order valence-corrected chi connectivity index (χ3v) is 4.77. The van der Waals surface area contributed by atoms with Crippen LogP contribution in [0.3, 0.4) is 0 Å². The molecule has 2 amide bonds. The lowest BCUT2D eigenvalue weighted by atomic mass is 10.2. The maximum atomic E-state index is 12.4. The number of carbonyl (C=O) groups is 2. The summed E-state index contributed by atoms with van der Waals surface area (Å²) in [5.41, 5.74) is 1.70. The molecule has 2 aromatic carbocycles. The van der Waals surface area contributed by atoms with E-state index in [1.807, 2.05) is 48.5 Å². The summed E-state index contributed by atoms with van der Waals surface area (Å²) in [6.07, 6.45) is 5.32. The fourth-order valence-electron chi connectivity index (χ4n) is 2.23. The van der Waals surface area contributed by atoms with Gasteiger partial charge in [0.25, 0.3) is 11.1 Å². The number of imide groups is 1. The first-order valence-corrected chi connectivity index (χ1v) is 8.80. The van der Waals surface area contributed by atoms with Gasteiger partial charge in [0.1, 0.15) is 0 Å². The molecule has 126 valence electrons. The molecule has 1 aliphatic rings. The quantitative estimate of drug-likeness (QED) is 0.752. The van der Waals surface area contributed by atoms with Crippen LogP contribution >= 0.6 is 23.4 Å². The Morgan fingerprint density at radius 1 is 1.04 bits per heavy atom. The van der Waals surface area contributed by atoms with Crippen LogP contribution in [0.2, 0.25) is 5.02 Å². The molecule has 0 spiro atoms. The zero-order valence-electron chi connectivity index (χ0n) is 13.2. The van der Waals surface area contributed by atoms with Crippen molar-refractivity contribution in [3.63, 3.8) is 0 Å². The topological polar surface area (TPSA) is 49.4 Å². The first-order valence-electron chi connectivity index (χ1n) is 7.60. The molecule has 1 fully saturated rings. The number of nitrogens with one attached hydrogen (secondary N) is 1. The minimum absolute atomic E-state index is 0.0775. The molecule has 6 heteroatoms. The predicted octanol–water partition coefficient (Wildman–Crippen LogP) is 5.00. The molecule has 1 saturated heterocycles. The summed E-state index contributed by atoms with van der Waals surface area (Å²) in [4.78, 5) is 26.0. The summed E-state index contributed by atoms with van der Waals surface area (Å²) >= 11 is 6.99. The smallest absolute Gasteiger partial charge is 0.295 e. The van der Waals surface area contributed by atoms with Crippen LogP contribution in [0.5, 0.6) is 0 Å². The summed E-state index contributed by atoms with van der Waals surface area (Å²) in [5, 5.41) is 3.25. The van der Waals surface area contributed by atoms with Crippen molar-refractivity contribution in [3.8, 4) is 0 Å². The molecule has 25 heavy (non-hydrogen) atoms. The van der Waals surface area contributed by atoms with E-state index in [4.69, 9.17) is 11.6 Å². The lowest BCUT2D eigenvalue weighted by Gasteiger charge is -2.15. The summed E-state index contributed by atoms with van der Waals surface area (Å²) < 4.78 is 0. The number of benzene rings is 2. The standard InChI is InChI=1S/C19H15ClN2O2S/c20-15-10-4-5-11-16(15)21-13-22-18(23)17(25-19(22)24)12-6-9-14-7-2-1-3-8-14/h1-12,21H,13H2/b9-6+,17-12-. The van der Waals surface area contributed by atoms with Crippen molar-refractivity contribution < 1.29 is 9.59 Å². The minimum Gasteiger partial charge on any atom is -0.366 e. The van der Waals surface area contributed by atoms with Gasteiger partial charge in [-0.15, -0.1) is 0 Å². The Bertz CT molecular complexity index is 850. The minimum atomic E-state index is -0.313. The highest BCUT2D eigenvalue weighted by atomic mass is 35.5. The molecule has 0 saturated carbocycles. The van der Waals surface area contributed by atoms with Gasteiger partial charge < -0.3 is 5.32 Å². The Morgan fingerprint density at radius 2 is 1.76 bits per heavy atom. The van der Waals surface area contributed by atoms with E-state index in [0.29, 0.717) is 15.6 Å². The molecule has 4 nitrogen and oxygen atoms in total. The molecule has 1 heterocycles. The van der Waals surface area contributed by atoms with Crippen LogP contribution in [0.25, 0.3) is 6.08 Å². The Kier molecular flexibility index (Phi) is 5.58. The first kappa shape index (κ1) is 17.3. The Morgan fingerprint density at radius 3 is 2.52 bits per heavy atom. The molecular formula is C19H15ClN2O2S. The average Bonchev–Trinajstić information content (AvgIpc) is 2.89. The number of hydrogen-bond donors (Lipinski definition) is 1. The molecule has 0 aromatic heterocycles. The van der Waals surface area contributed by atoms with Gasteiger partial charge in [0.05, 0.1) is 22.3 Å². The fraction of sp³-hybridized carbons (Fsp3) is 0.0526. The van der Waals surface area contributed by atoms with E-state index in [0.717, 1.165) is 22.2 Å². The molecule has 0 radical (unpaired) electrons. The number of anilines is 1. The zero-order valence-corrected chi connectivity index (χ0v) is 14.8. The number of halogens is 1. The summed E-state index contributed by atoms with van der Waals surface area (Å²) in [6.45, 7) is 0.0775. The number of para-hydroxylation sites is 1. The lowest BCUT2D eigenvalue weighted by molar-refractivity contribution is -0.122. The van der Waals surface area contributed by atoms with Crippen molar-refractivity contribution in [1.29, 1.82) is 0 Å². The molecule has 1 N–H and O–H groups in total. The predicted molar refractivity (Wildman–Crippen MR) is 103 cm³/mol.